The van der Waals surface area contributed by atoms with Crippen molar-refractivity contribution in [1.29, 1.82) is 0 Å². The van der Waals surface area contributed by atoms with Gasteiger partial charge in [-0.1, -0.05) is 23.4 Å². The summed E-state index contributed by atoms with van der Waals surface area (Å²) in [7, 11) is 0. The van der Waals surface area contributed by atoms with E-state index in [9.17, 15) is 9.59 Å². The third kappa shape index (κ3) is 3.68. The molecule has 6 nitrogen and oxygen atoms in total. The largest absolute Gasteiger partial charge is 0.433 e. The summed E-state index contributed by atoms with van der Waals surface area (Å²) in [6, 6.07) is 8.75. The highest BCUT2D eigenvalue weighted by Crippen LogP contribution is 2.13. The first kappa shape index (κ1) is 14.8. The van der Waals surface area contributed by atoms with Crippen LogP contribution >= 0.6 is 0 Å². The minimum atomic E-state index is -0.672. The topological polar surface area (TPSA) is 80.9 Å². The summed E-state index contributed by atoms with van der Waals surface area (Å²) in [6.45, 7) is 5.18. The molecule has 0 aliphatic rings. The zero-order valence-electron chi connectivity index (χ0n) is 12.0. The Morgan fingerprint density at radius 2 is 2.05 bits per heavy atom. The van der Waals surface area contributed by atoms with E-state index in [1.807, 2.05) is 12.1 Å². The summed E-state index contributed by atoms with van der Waals surface area (Å²) in [4.78, 5) is 27.9. The molecular formula is C15H16N2O4. The summed E-state index contributed by atoms with van der Waals surface area (Å²) in [5, 5.41) is 6.96. The monoisotopic (exact) mass is 288 g/mol. The minimum Gasteiger partial charge on any atom is -0.422 e. The molecule has 0 spiro atoms. The molecule has 0 unspecified atom stereocenters. The van der Waals surface area contributed by atoms with Crippen LogP contribution in [-0.2, 0) is 4.84 Å². The van der Waals surface area contributed by atoms with Crippen molar-refractivity contribution >= 4 is 22.8 Å². The fraction of sp³-hybridized carbons (Fsp3) is 0.267. The number of amides is 1. The molecular weight excluding hydrogens is 272 g/mol. The fourth-order valence-corrected chi connectivity index (χ4v) is 1.74. The van der Waals surface area contributed by atoms with E-state index in [1.165, 1.54) is 0 Å². The van der Waals surface area contributed by atoms with Crippen molar-refractivity contribution in [2.24, 2.45) is 5.16 Å². The Kier molecular flexibility index (Phi) is 4.37. The second-order valence-electron chi connectivity index (χ2n) is 4.84. The first-order valence-electron chi connectivity index (χ1n) is 6.52. The second kappa shape index (κ2) is 6.21. The van der Waals surface area contributed by atoms with Gasteiger partial charge in [0.25, 0.3) is 0 Å². The predicted octanol–water partition coefficient (Wildman–Crippen LogP) is 2.65. The van der Waals surface area contributed by atoms with Crippen LogP contribution in [0.15, 0.2) is 44.7 Å². The Labute approximate surface area is 121 Å². The van der Waals surface area contributed by atoms with Gasteiger partial charge in [0.15, 0.2) is 0 Å². The lowest BCUT2D eigenvalue weighted by molar-refractivity contribution is 0.148. The van der Waals surface area contributed by atoms with Crippen molar-refractivity contribution in [2.75, 3.05) is 0 Å². The zero-order valence-corrected chi connectivity index (χ0v) is 12.0. The maximum absolute atomic E-state index is 11.9. The lowest BCUT2D eigenvalue weighted by Crippen LogP contribution is -2.29. The van der Waals surface area contributed by atoms with Gasteiger partial charge in [-0.3, -0.25) is 4.84 Å². The van der Waals surface area contributed by atoms with Crippen molar-refractivity contribution in [2.45, 2.75) is 26.8 Å². The molecule has 0 saturated heterocycles. The Morgan fingerprint density at radius 3 is 2.76 bits per heavy atom. The number of nitrogens with zero attached hydrogens (tertiary/aromatic N) is 1. The van der Waals surface area contributed by atoms with Gasteiger partial charge in [-0.25, -0.2) is 9.59 Å². The molecule has 21 heavy (non-hydrogen) atoms. The van der Waals surface area contributed by atoms with E-state index in [0.29, 0.717) is 5.58 Å². The zero-order chi connectivity index (χ0) is 15.4. The molecule has 6 heteroatoms. The van der Waals surface area contributed by atoms with Gasteiger partial charge in [0, 0.05) is 11.4 Å². The predicted molar refractivity (Wildman–Crippen MR) is 79.4 cm³/mol. The third-order valence-corrected chi connectivity index (χ3v) is 2.70. The van der Waals surface area contributed by atoms with Crippen molar-refractivity contribution in [3.8, 4) is 0 Å². The van der Waals surface area contributed by atoms with E-state index in [4.69, 9.17) is 9.25 Å². The van der Waals surface area contributed by atoms with Gasteiger partial charge in [-0.05, 0) is 32.9 Å². The smallest absolute Gasteiger partial charge is 0.422 e. The van der Waals surface area contributed by atoms with E-state index in [0.717, 1.165) is 5.39 Å². The normalized spacial score (nSPS) is 11.7. The lowest BCUT2D eigenvalue weighted by atomic mass is 10.1. The quantitative estimate of drug-likeness (QED) is 0.407. The number of para-hydroxylation sites is 1. The number of rotatable bonds is 3. The Morgan fingerprint density at radius 1 is 1.33 bits per heavy atom. The third-order valence-electron chi connectivity index (χ3n) is 2.70. The number of carbonyl (C=O) groups excluding carboxylic acids is 1. The molecule has 1 heterocycles. The molecule has 0 saturated carbocycles. The van der Waals surface area contributed by atoms with Gasteiger partial charge in [0.2, 0.25) is 0 Å². The first-order chi connectivity index (χ1) is 9.97. The lowest BCUT2D eigenvalue weighted by Gasteiger charge is -2.06. The molecule has 1 N–H and O–H groups in total. The van der Waals surface area contributed by atoms with Crippen LogP contribution in [0, 0.1) is 0 Å². The highest BCUT2D eigenvalue weighted by atomic mass is 16.7. The average Bonchev–Trinajstić information content (AvgIpc) is 2.43. The van der Waals surface area contributed by atoms with Crippen LogP contribution in [-0.4, -0.2) is 17.8 Å². The number of hydrogen-bond acceptors (Lipinski definition) is 5. The molecule has 0 atom stereocenters. The van der Waals surface area contributed by atoms with Gasteiger partial charge < -0.3 is 9.73 Å². The number of nitrogens with one attached hydrogen (secondary N) is 1. The fourth-order valence-electron chi connectivity index (χ4n) is 1.74. The molecule has 0 bridgehead atoms. The van der Waals surface area contributed by atoms with Gasteiger partial charge in [-0.15, -0.1) is 0 Å². The number of oxime groups is 1. The molecule has 0 aliphatic carbocycles. The summed E-state index contributed by atoms with van der Waals surface area (Å²) >= 11 is 0. The summed E-state index contributed by atoms with van der Waals surface area (Å²) in [5.74, 6) is 0. The Balaban J connectivity index is 2.26. The van der Waals surface area contributed by atoms with E-state index in [2.05, 4.69) is 10.5 Å². The van der Waals surface area contributed by atoms with Gasteiger partial charge in [0.05, 0.1) is 11.3 Å². The van der Waals surface area contributed by atoms with Crippen LogP contribution in [0.4, 0.5) is 4.79 Å². The molecule has 1 aromatic heterocycles. The van der Waals surface area contributed by atoms with Crippen LogP contribution in [0.25, 0.3) is 11.0 Å². The van der Waals surface area contributed by atoms with Gasteiger partial charge in [0.1, 0.15) is 5.58 Å². The molecule has 2 rings (SSSR count). The maximum atomic E-state index is 11.9. The Hall–Kier alpha value is -2.63. The second-order valence-corrected chi connectivity index (χ2v) is 4.84. The molecule has 110 valence electrons. The van der Waals surface area contributed by atoms with Crippen LogP contribution in [0.3, 0.4) is 0 Å². The number of hydrogen-bond donors (Lipinski definition) is 1. The summed E-state index contributed by atoms with van der Waals surface area (Å²) in [5.41, 5.74) is 0.500. The number of carbonyl (C=O) groups is 1. The summed E-state index contributed by atoms with van der Waals surface area (Å²) in [6.07, 6.45) is -0.672. The van der Waals surface area contributed by atoms with E-state index in [1.54, 1.807) is 39.0 Å². The van der Waals surface area contributed by atoms with Gasteiger partial charge >= 0.3 is 11.7 Å². The standard InChI is InChI=1S/C15H16N2O4/c1-9(2)16-15(19)21-17-10(3)12-8-11-6-4-5-7-13(11)20-14(12)18/h4-9H,1-3H3,(H,16,19). The first-order valence-corrected chi connectivity index (χ1v) is 6.52. The van der Waals surface area contributed by atoms with Crippen LogP contribution in [0.1, 0.15) is 26.3 Å². The van der Waals surface area contributed by atoms with Gasteiger partial charge in [-0.2, -0.15) is 0 Å². The van der Waals surface area contributed by atoms with Crippen molar-refractivity contribution in [3.63, 3.8) is 0 Å². The molecule has 0 aliphatic heterocycles. The highest BCUT2D eigenvalue weighted by Gasteiger charge is 2.10. The van der Waals surface area contributed by atoms with Crippen LogP contribution in [0.2, 0.25) is 0 Å². The number of benzene rings is 1. The minimum absolute atomic E-state index is 0.0567. The number of fused-ring (bicyclic) bond motifs is 1. The van der Waals surface area contributed by atoms with Crippen molar-refractivity contribution < 1.29 is 14.0 Å². The van der Waals surface area contributed by atoms with Crippen molar-refractivity contribution in [3.05, 3.63) is 46.3 Å². The van der Waals surface area contributed by atoms with E-state index >= 15 is 0 Å². The molecule has 1 amide bonds. The molecule has 2 aromatic rings. The van der Waals surface area contributed by atoms with Crippen LogP contribution in [0.5, 0.6) is 0 Å². The molecule has 0 radical (unpaired) electrons. The average molecular weight is 288 g/mol. The summed E-state index contributed by atoms with van der Waals surface area (Å²) < 4.78 is 5.19. The van der Waals surface area contributed by atoms with Crippen LogP contribution < -0.4 is 10.9 Å². The maximum Gasteiger partial charge on any atom is 0.433 e. The SMILES string of the molecule is CC(=NOC(=O)NC(C)C)c1cc2ccccc2oc1=O. The van der Waals surface area contributed by atoms with E-state index in [-0.39, 0.29) is 17.3 Å². The van der Waals surface area contributed by atoms with E-state index < -0.39 is 11.7 Å². The molecule has 0 fully saturated rings. The highest BCUT2D eigenvalue weighted by molar-refractivity contribution is 6.00. The Bertz CT molecular complexity index is 747. The van der Waals surface area contributed by atoms with Crippen molar-refractivity contribution in [1.82, 2.24) is 5.32 Å². The molecule has 1 aromatic carbocycles.